The maximum atomic E-state index is 13.1. The van der Waals surface area contributed by atoms with Crippen molar-refractivity contribution in [3.05, 3.63) is 82.1 Å². The third kappa shape index (κ3) is 3.15. The Morgan fingerprint density at radius 3 is 2.42 bits per heavy atom. The summed E-state index contributed by atoms with van der Waals surface area (Å²) in [7, 11) is 1.52. The molecule has 1 aromatic carbocycles. The fraction of sp³-hybridized carbons (Fsp3) is 0.333. The second kappa shape index (κ2) is 7.79. The lowest BCUT2D eigenvalue weighted by Crippen LogP contribution is -2.61. The van der Waals surface area contributed by atoms with Gasteiger partial charge >= 0.3 is 5.88 Å². The first-order chi connectivity index (χ1) is 15.8. The molecule has 6 rings (SSSR count). The van der Waals surface area contributed by atoms with Crippen LogP contribution in [0.1, 0.15) is 16.9 Å². The number of carbonyl (C=O) groups excluding carboxylic acids is 2. The molecule has 4 heterocycles. The predicted molar refractivity (Wildman–Crippen MR) is 117 cm³/mol. The lowest BCUT2D eigenvalue weighted by atomic mass is 9.61. The van der Waals surface area contributed by atoms with E-state index in [1.54, 1.807) is 12.1 Å². The van der Waals surface area contributed by atoms with E-state index in [9.17, 15) is 24.8 Å². The molecule has 1 aliphatic carbocycles. The Kier molecular flexibility index (Phi) is 5.02. The summed E-state index contributed by atoms with van der Waals surface area (Å²) in [6.45, 7) is 4.19. The van der Waals surface area contributed by atoms with E-state index < -0.39 is 22.8 Å². The second-order valence-electron chi connectivity index (χ2n) is 8.68. The summed E-state index contributed by atoms with van der Waals surface area (Å²) in [5.41, 5.74) is 2.68. The first-order valence-electron chi connectivity index (χ1n) is 10.7. The van der Waals surface area contributed by atoms with Gasteiger partial charge in [0, 0.05) is 25.0 Å². The molecule has 170 valence electrons. The van der Waals surface area contributed by atoms with Crippen molar-refractivity contribution in [3.63, 3.8) is 0 Å². The van der Waals surface area contributed by atoms with E-state index in [0.717, 1.165) is 16.7 Å². The van der Waals surface area contributed by atoms with Crippen molar-refractivity contribution in [3.8, 4) is 0 Å². The van der Waals surface area contributed by atoms with Gasteiger partial charge in [-0.2, -0.15) is 0 Å². The maximum Gasteiger partial charge on any atom is 0.433 e. The van der Waals surface area contributed by atoms with Crippen LogP contribution in [-0.2, 0) is 22.7 Å². The topological polar surface area (TPSA) is 117 Å². The molecule has 1 N–H and O–H groups in total. The third-order valence-corrected chi connectivity index (χ3v) is 7.09. The highest BCUT2D eigenvalue weighted by Crippen LogP contribution is 2.54. The first-order valence-corrected chi connectivity index (χ1v) is 10.7. The number of nitrogens with zero attached hydrogens (tertiary/aromatic N) is 3. The van der Waals surface area contributed by atoms with Gasteiger partial charge in [0.15, 0.2) is 0 Å². The average Bonchev–Trinajstić information content (AvgIpc) is 3.39. The van der Waals surface area contributed by atoms with Gasteiger partial charge in [-0.15, -0.1) is 6.58 Å². The molecule has 9 nitrogen and oxygen atoms in total. The average molecular weight is 449 g/mol. The lowest BCUT2D eigenvalue weighted by Gasteiger charge is -2.53. The highest BCUT2D eigenvalue weighted by atomic mass is 16.6. The van der Waals surface area contributed by atoms with Crippen LogP contribution >= 0.6 is 0 Å². The van der Waals surface area contributed by atoms with Crippen LogP contribution in [0, 0.1) is 27.9 Å². The van der Waals surface area contributed by atoms with Crippen LogP contribution in [0.15, 0.2) is 59.5 Å². The zero-order valence-corrected chi connectivity index (χ0v) is 18.0. The minimum absolute atomic E-state index is 0.0633. The number of rotatable bonds is 6. The molecule has 5 atom stereocenters. The first kappa shape index (κ1) is 21.3. The Bertz CT molecular complexity index is 1180. The summed E-state index contributed by atoms with van der Waals surface area (Å²) in [5.74, 6) is -1.70. The van der Waals surface area contributed by atoms with Crippen LogP contribution in [0.2, 0.25) is 0 Å². The Labute approximate surface area is 189 Å². The number of hydrogen-bond donors (Lipinski definition) is 1. The quantitative estimate of drug-likeness (QED) is 0.311. The molecule has 0 spiro atoms. The molecule has 33 heavy (non-hydrogen) atoms. The van der Waals surface area contributed by atoms with Gasteiger partial charge in [-0.3, -0.25) is 29.5 Å². The predicted octanol–water partition coefficient (Wildman–Crippen LogP) is 2.36. The summed E-state index contributed by atoms with van der Waals surface area (Å²) in [5, 5.41) is 20.4. The van der Waals surface area contributed by atoms with E-state index in [2.05, 4.69) is 6.58 Å². The fourth-order valence-corrected chi connectivity index (χ4v) is 5.61. The summed E-state index contributed by atoms with van der Waals surface area (Å²) < 4.78 is 5.38. The molecule has 3 aliphatic heterocycles. The zero-order chi connectivity index (χ0) is 23.4. The molecule has 2 bridgehead atoms. The monoisotopic (exact) mass is 449 g/mol. The normalized spacial score (nSPS) is 28.7. The Hall–Kier alpha value is -3.56. The minimum atomic E-state index is -0.588. The minimum Gasteiger partial charge on any atom is -0.404 e. The number of nitro groups is 1. The number of fused-ring (bicyclic) bond motifs is 1. The number of carbonyl (C=O) groups is 2. The van der Waals surface area contributed by atoms with Crippen molar-refractivity contribution in [2.24, 2.45) is 17.8 Å². The van der Waals surface area contributed by atoms with Crippen LogP contribution in [0.4, 0.5) is 5.88 Å². The van der Waals surface area contributed by atoms with Crippen LogP contribution < -0.4 is 0 Å². The van der Waals surface area contributed by atoms with E-state index in [-0.39, 0.29) is 42.8 Å². The Morgan fingerprint density at radius 2 is 1.82 bits per heavy atom. The van der Waals surface area contributed by atoms with Gasteiger partial charge < -0.3 is 9.52 Å². The number of aliphatic hydroxyl groups is 1. The van der Waals surface area contributed by atoms with Gasteiger partial charge in [0.1, 0.15) is 10.7 Å². The van der Waals surface area contributed by atoms with Crippen molar-refractivity contribution in [2.75, 3.05) is 7.05 Å². The summed E-state index contributed by atoms with van der Waals surface area (Å²) in [6.07, 6.45) is 3.80. The molecule has 0 radical (unpaired) electrons. The van der Waals surface area contributed by atoms with Crippen molar-refractivity contribution in [1.82, 2.24) is 9.80 Å². The van der Waals surface area contributed by atoms with Gasteiger partial charge in [0.2, 0.25) is 11.8 Å². The number of piperidine rings is 1. The largest absolute Gasteiger partial charge is 0.433 e. The SMILES string of the molecule is C=CC1C2C(c3ccc(CO)cc3)=CC(C3C(=O)N(C)C(=O)C32)N1Cc1ccc([N+](=O)[O-])o1. The number of likely N-dealkylation sites (tertiary alicyclic amines) is 1. The van der Waals surface area contributed by atoms with E-state index in [1.807, 2.05) is 35.2 Å². The second-order valence-corrected chi connectivity index (χ2v) is 8.68. The van der Waals surface area contributed by atoms with E-state index in [1.165, 1.54) is 18.0 Å². The van der Waals surface area contributed by atoms with E-state index >= 15 is 0 Å². The Morgan fingerprint density at radius 1 is 1.12 bits per heavy atom. The molecule has 1 aromatic heterocycles. The standard InChI is InChI=1S/C24H23N3O6/c1-3-17-20-16(14-6-4-13(12-28)5-7-14)10-18(21-22(20)24(30)25(2)23(21)29)26(17)11-15-8-9-19(33-15)27(31)32/h3-10,17-18,20-22,28H,1,11-12H2,2H3. The zero-order valence-electron chi connectivity index (χ0n) is 18.0. The number of amides is 2. The molecule has 0 saturated carbocycles. The van der Waals surface area contributed by atoms with Crippen molar-refractivity contribution < 1.29 is 24.0 Å². The number of hydrogen-bond acceptors (Lipinski definition) is 7. The van der Waals surface area contributed by atoms with Crippen LogP contribution in [0.3, 0.4) is 0 Å². The number of aliphatic hydroxyl groups excluding tert-OH is 1. The fourth-order valence-electron chi connectivity index (χ4n) is 5.61. The van der Waals surface area contributed by atoms with Crippen LogP contribution in [0.25, 0.3) is 5.57 Å². The highest BCUT2D eigenvalue weighted by Gasteiger charge is 2.62. The van der Waals surface area contributed by atoms with Gasteiger partial charge in [-0.1, -0.05) is 36.4 Å². The molecule has 2 fully saturated rings. The number of imide groups is 1. The molecule has 5 unspecified atom stereocenters. The van der Waals surface area contributed by atoms with Crippen molar-refractivity contribution in [1.29, 1.82) is 0 Å². The highest BCUT2D eigenvalue weighted by molar-refractivity contribution is 6.07. The molecule has 9 heteroatoms. The Balaban J connectivity index is 1.59. The summed E-state index contributed by atoms with van der Waals surface area (Å²) in [4.78, 5) is 39.9. The van der Waals surface area contributed by atoms with Gasteiger partial charge in [-0.05, 0) is 22.8 Å². The number of benzene rings is 1. The van der Waals surface area contributed by atoms with Crippen molar-refractivity contribution >= 4 is 23.3 Å². The van der Waals surface area contributed by atoms with Gasteiger partial charge in [-0.25, -0.2) is 0 Å². The lowest BCUT2D eigenvalue weighted by molar-refractivity contribution is -0.402. The molecule has 4 aliphatic rings. The van der Waals surface area contributed by atoms with E-state index in [0.29, 0.717) is 5.76 Å². The molecule has 2 saturated heterocycles. The smallest absolute Gasteiger partial charge is 0.404 e. The molecule has 2 amide bonds. The van der Waals surface area contributed by atoms with Gasteiger partial charge in [0.25, 0.3) is 0 Å². The number of furan rings is 1. The van der Waals surface area contributed by atoms with Crippen LogP contribution in [0.5, 0.6) is 0 Å². The van der Waals surface area contributed by atoms with Crippen LogP contribution in [-0.4, -0.2) is 50.8 Å². The van der Waals surface area contributed by atoms with Crippen molar-refractivity contribution in [2.45, 2.75) is 25.2 Å². The van der Waals surface area contributed by atoms with E-state index in [4.69, 9.17) is 4.42 Å². The molecular formula is C24H23N3O6. The maximum absolute atomic E-state index is 13.1. The summed E-state index contributed by atoms with van der Waals surface area (Å²) >= 11 is 0. The third-order valence-electron chi connectivity index (χ3n) is 7.09. The van der Waals surface area contributed by atoms with Gasteiger partial charge in [0.05, 0.1) is 31.1 Å². The molecular weight excluding hydrogens is 426 g/mol. The summed E-state index contributed by atoms with van der Waals surface area (Å²) in [6, 6.07) is 9.70. The molecule has 2 aromatic rings.